The fourth-order valence-electron chi connectivity index (χ4n) is 2.48. The van der Waals surface area contributed by atoms with Gasteiger partial charge in [0, 0.05) is 23.9 Å². The van der Waals surface area contributed by atoms with E-state index in [0.717, 1.165) is 0 Å². The minimum Gasteiger partial charge on any atom is -0.482 e. The molecule has 7 heteroatoms. The van der Waals surface area contributed by atoms with Gasteiger partial charge in [-0.25, -0.2) is 4.79 Å². The monoisotopic (exact) mass is 384 g/mol. The summed E-state index contributed by atoms with van der Waals surface area (Å²) in [7, 11) is 1.58. The molecule has 0 fully saturated rings. The predicted octanol–water partition coefficient (Wildman–Crippen LogP) is 2.55. The van der Waals surface area contributed by atoms with Crippen molar-refractivity contribution in [2.24, 2.45) is 0 Å². The van der Waals surface area contributed by atoms with Crippen LogP contribution in [0.2, 0.25) is 0 Å². The molecule has 1 amide bonds. The predicted molar refractivity (Wildman–Crippen MR) is 105 cm³/mol. The molecule has 0 spiro atoms. The van der Waals surface area contributed by atoms with E-state index in [9.17, 15) is 14.4 Å². The minimum absolute atomic E-state index is 0.198. The van der Waals surface area contributed by atoms with Crippen LogP contribution in [0.25, 0.3) is 0 Å². The number of carbonyl (C=O) groups is 3. The first kappa shape index (κ1) is 21.0. The van der Waals surface area contributed by atoms with E-state index in [2.05, 4.69) is 0 Å². The van der Waals surface area contributed by atoms with Crippen LogP contribution in [-0.4, -0.2) is 48.9 Å². The molecule has 0 aromatic heterocycles. The smallest absolute Gasteiger partial charge is 0.344 e. The number of nitrogen functional groups attached to an aromatic ring is 1. The van der Waals surface area contributed by atoms with Gasteiger partial charge in [0.2, 0.25) is 0 Å². The molecular formula is C21H24N2O5. The van der Waals surface area contributed by atoms with E-state index in [1.807, 2.05) is 0 Å². The number of nitrogens with zero attached hydrogens (tertiary/aromatic N) is 1. The normalized spacial score (nSPS) is 11.4. The molecule has 28 heavy (non-hydrogen) atoms. The van der Waals surface area contributed by atoms with E-state index in [-0.39, 0.29) is 24.9 Å². The van der Waals surface area contributed by atoms with E-state index in [0.29, 0.717) is 22.6 Å². The average Bonchev–Trinajstić information content (AvgIpc) is 2.71. The van der Waals surface area contributed by atoms with Crippen molar-refractivity contribution in [2.75, 3.05) is 26.0 Å². The zero-order valence-electron chi connectivity index (χ0n) is 16.2. The lowest BCUT2D eigenvalue weighted by molar-refractivity contribution is -0.145. The van der Waals surface area contributed by atoms with Crippen LogP contribution in [0.1, 0.15) is 34.6 Å². The standard InChI is InChI=1S/C21H24N2O5/c1-4-27-19(24)13-28-18-11-7-15(8-12-18)20(25)14(2)23(3)21(26)16-5-9-17(22)10-6-16/h5-12,14H,4,13,22H2,1-3H3/t14-/m0/s1. The zero-order valence-corrected chi connectivity index (χ0v) is 16.2. The number of likely N-dealkylation sites (N-methyl/N-ethyl adjacent to an activating group) is 1. The molecule has 0 unspecified atom stereocenters. The number of ether oxygens (including phenoxy) is 2. The first-order valence-corrected chi connectivity index (χ1v) is 8.89. The van der Waals surface area contributed by atoms with Gasteiger partial charge in [0.05, 0.1) is 12.6 Å². The second kappa shape index (κ2) is 9.55. The third-order valence-electron chi connectivity index (χ3n) is 4.24. The number of hydrogen-bond donors (Lipinski definition) is 1. The highest BCUT2D eigenvalue weighted by Gasteiger charge is 2.24. The van der Waals surface area contributed by atoms with Crippen molar-refractivity contribution >= 4 is 23.3 Å². The number of benzene rings is 2. The Morgan fingerprint density at radius 1 is 1.00 bits per heavy atom. The molecule has 2 rings (SSSR count). The molecule has 0 heterocycles. The largest absolute Gasteiger partial charge is 0.482 e. The average molecular weight is 384 g/mol. The highest BCUT2D eigenvalue weighted by Crippen LogP contribution is 2.16. The number of amides is 1. The molecule has 0 radical (unpaired) electrons. The summed E-state index contributed by atoms with van der Waals surface area (Å²) >= 11 is 0. The molecule has 1 atom stereocenters. The van der Waals surface area contributed by atoms with Gasteiger partial charge in [0.15, 0.2) is 12.4 Å². The molecule has 0 aliphatic heterocycles. The maximum absolute atomic E-state index is 12.7. The molecule has 2 aromatic rings. The molecular weight excluding hydrogens is 360 g/mol. The van der Waals surface area contributed by atoms with Crippen molar-refractivity contribution in [1.29, 1.82) is 0 Å². The number of nitrogens with two attached hydrogens (primary N) is 1. The minimum atomic E-state index is -0.656. The van der Waals surface area contributed by atoms with Gasteiger partial charge < -0.3 is 20.1 Å². The Morgan fingerprint density at radius 3 is 2.14 bits per heavy atom. The highest BCUT2D eigenvalue weighted by atomic mass is 16.6. The number of Topliss-reactive ketones (excluding diaryl/α,β-unsaturated/α-hetero) is 1. The van der Waals surface area contributed by atoms with Gasteiger partial charge >= 0.3 is 5.97 Å². The van der Waals surface area contributed by atoms with Gasteiger partial charge in [0.25, 0.3) is 5.91 Å². The first-order valence-electron chi connectivity index (χ1n) is 8.89. The van der Waals surface area contributed by atoms with E-state index in [1.54, 1.807) is 69.4 Å². The van der Waals surface area contributed by atoms with E-state index in [4.69, 9.17) is 15.2 Å². The van der Waals surface area contributed by atoms with Crippen LogP contribution in [0.3, 0.4) is 0 Å². The maximum atomic E-state index is 12.7. The molecule has 2 aromatic carbocycles. The van der Waals surface area contributed by atoms with Gasteiger partial charge in [-0.2, -0.15) is 0 Å². The van der Waals surface area contributed by atoms with Gasteiger partial charge in [-0.15, -0.1) is 0 Å². The van der Waals surface area contributed by atoms with Crippen LogP contribution in [-0.2, 0) is 9.53 Å². The first-order chi connectivity index (χ1) is 13.3. The van der Waals surface area contributed by atoms with Crippen molar-refractivity contribution < 1.29 is 23.9 Å². The molecule has 0 aliphatic rings. The van der Waals surface area contributed by atoms with Crippen LogP contribution < -0.4 is 10.5 Å². The highest BCUT2D eigenvalue weighted by molar-refractivity contribution is 6.04. The van der Waals surface area contributed by atoms with E-state index >= 15 is 0 Å². The number of ketones is 1. The van der Waals surface area contributed by atoms with Gasteiger partial charge in [-0.1, -0.05) is 0 Å². The maximum Gasteiger partial charge on any atom is 0.344 e. The van der Waals surface area contributed by atoms with Crippen molar-refractivity contribution in [2.45, 2.75) is 19.9 Å². The quantitative estimate of drug-likeness (QED) is 0.427. The topological polar surface area (TPSA) is 98.9 Å². The Kier molecular flexibility index (Phi) is 7.14. The summed E-state index contributed by atoms with van der Waals surface area (Å²) in [6, 6.07) is 12.3. The lowest BCUT2D eigenvalue weighted by Crippen LogP contribution is -2.40. The Labute approximate surface area is 164 Å². The number of carbonyl (C=O) groups excluding carboxylic acids is 3. The number of hydrogen-bond acceptors (Lipinski definition) is 6. The third kappa shape index (κ3) is 5.33. The third-order valence-corrected chi connectivity index (χ3v) is 4.24. The summed E-state index contributed by atoms with van der Waals surface area (Å²) in [5, 5.41) is 0. The summed E-state index contributed by atoms with van der Waals surface area (Å²) in [5.41, 5.74) is 7.10. The lowest BCUT2D eigenvalue weighted by Gasteiger charge is -2.24. The SMILES string of the molecule is CCOC(=O)COc1ccc(C(=O)[C@H](C)N(C)C(=O)c2ccc(N)cc2)cc1. The Bertz CT molecular complexity index is 831. The Morgan fingerprint density at radius 2 is 1.57 bits per heavy atom. The zero-order chi connectivity index (χ0) is 20.7. The number of anilines is 1. The van der Waals surface area contributed by atoms with E-state index in [1.165, 1.54) is 4.90 Å². The molecule has 2 N–H and O–H groups in total. The van der Waals surface area contributed by atoms with Crippen LogP contribution >= 0.6 is 0 Å². The summed E-state index contributed by atoms with van der Waals surface area (Å²) in [5.74, 6) is -0.485. The number of rotatable bonds is 8. The molecule has 0 saturated carbocycles. The molecule has 0 bridgehead atoms. The van der Waals surface area contributed by atoms with Crippen molar-refractivity contribution in [3.05, 3.63) is 59.7 Å². The van der Waals surface area contributed by atoms with E-state index < -0.39 is 12.0 Å². The lowest BCUT2D eigenvalue weighted by atomic mass is 10.0. The number of esters is 1. The fourth-order valence-corrected chi connectivity index (χ4v) is 2.48. The van der Waals surface area contributed by atoms with Gasteiger partial charge in [0.1, 0.15) is 5.75 Å². The molecule has 148 valence electrons. The second-order valence-corrected chi connectivity index (χ2v) is 6.20. The summed E-state index contributed by atoms with van der Waals surface area (Å²) < 4.78 is 10.1. The van der Waals surface area contributed by atoms with Crippen LogP contribution in [0.5, 0.6) is 5.75 Å². The molecule has 7 nitrogen and oxygen atoms in total. The second-order valence-electron chi connectivity index (χ2n) is 6.20. The van der Waals surface area contributed by atoms with Crippen molar-refractivity contribution in [3.8, 4) is 5.75 Å². The molecule has 0 aliphatic carbocycles. The van der Waals surface area contributed by atoms with Gasteiger partial charge in [-0.05, 0) is 62.4 Å². The van der Waals surface area contributed by atoms with Crippen molar-refractivity contribution in [3.63, 3.8) is 0 Å². The summed E-state index contributed by atoms with van der Waals surface area (Å²) in [6.45, 7) is 3.48. The van der Waals surface area contributed by atoms with Crippen LogP contribution in [0.4, 0.5) is 5.69 Å². The fraction of sp³-hybridized carbons (Fsp3) is 0.286. The Balaban J connectivity index is 2.00. The molecule has 0 saturated heterocycles. The summed E-state index contributed by atoms with van der Waals surface area (Å²) in [6.07, 6.45) is 0. The van der Waals surface area contributed by atoms with Crippen LogP contribution in [0, 0.1) is 0 Å². The van der Waals surface area contributed by atoms with Crippen molar-refractivity contribution in [1.82, 2.24) is 4.90 Å². The summed E-state index contributed by atoms with van der Waals surface area (Å²) in [4.78, 5) is 38.0. The van der Waals surface area contributed by atoms with Gasteiger partial charge in [-0.3, -0.25) is 9.59 Å². The van der Waals surface area contributed by atoms with Crippen LogP contribution in [0.15, 0.2) is 48.5 Å². The Hall–Kier alpha value is -3.35.